The molecule has 0 aliphatic rings. The number of furan rings is 1. The lowest BCUT2D eigenvalue weighted by atomic mass is 10.1. The fourth-order valence-corrected chi connectivity index (χ4v) is 2.06. The van der Waals surface area contributed by atoms with E-state index in [9.17, 15) is 9.59 Å². The predicted octanol–water partition coefficient (Wildman–Crippen LogP) is 2.29. The van der Waals surface area contributed by atoms with Crippen LogP contribution in [0, 0.1) is 0 Å². The molecule has 1 aromatic carbocycles. The molecule has 0 saturated heterocycles. The first kappa shape index (κ1) is 14.7. The van der Waals surface area contributed by atoms with Crippen molar-refractivity contribution in [1.29, 1.82) is 0 Å². The number of nitrogens with one attached hydrogen (secondary N) is 2. The lowest BCUT2D eigenvalue weighted by Crippen LogP contribution is -2.18. The van der Waals surface area contributed by atoms with Crippen molar-refractivity contribution in [3.8, 4) is 0 Å². The van der Waals surface area contributed by atoms with E-state index >= 15 is 0 Å². The fourth-order valence-electron chi connectivity index (χ4n) is 2.06. The molecule has 0 amide bonds. The average Bonchev–Trinajstić information content (AvgIpc) is 3.03. The van der Waals surface area contributed by atoms with Crippen LogP contribution in [0.15, 0.2) is 51.9 Å². The number of carbonyl (C=O) groups is 1. The Labute approximate surface area is 131 Å². The third-order valence-corrected chi connectivity index (χ3v) is 3.22. The van der Waals surface area contributed by atoms with Gasteiger partial charge >= 0.3 is 0 Å². The maximum atomic E-state index is 12.0. The van der Waals surface area contributed by atoms with Gasteiger partial charge in [0.25, 0.3) is 5.56 Å². The Bertz CT molecular complexity index is 884. The minimum Gasteiger partial charge on any atom is -0.469 e. The summed E-state index contributed by atoms with van der Waals surface area (Å²) in [5.41, 5.74) is 1.13. The quantitative estimate of drug-likeness (QED) is 0.701. The van der Waals surface area contributed by atoms with Crippen LogP contribution in [0.5, 0.6) is 0 Å². The Hall–Kier alpha value is -3.22. The van der Waals surface area contributed by atoms with Crippen LogP contribution in [-0.2, 0) is 6.42 Å². The zero-order chi connectivity index (χ0) is 16.2. The fraction of sp³-hybridized carbons (Fsp3) is 0.125. The Balaban J connectivity index is 1.79. The normalized spacial score (nSPS) is 10.5. The number of nitrogens with zero attached hydrogens (tertiary/aromatic N) is 2. The number of aromatic nitrogens is 3. The summed E-state index contributed by atoms with van der Waals surface area (Å²) >= 11 is 0. The van der Waals surface area contributed by atoms with Gasteiger partial charge in [-0.1, -0.05) is 12.1 Å². The summed E-state index contributed by atoms with van der Waals surface area (Å²) in [6.45, 7) is 1.49. The highest BCUT2D eigenvalue weighted by Crippen LogP contribution is 2.14. The highest BCUT2D eigenvalue weighted by Gasteiger charge is 2.08. The van der Waals surface area contributed by atoms with Crippen molar-refractivity contribution in [2.24, 2.45) is 0 Å². The summed E-state index contributed by atoms with van der Waals surface area (Å²) in [5, 5.41) is 10.8. The predicted molar refractivity (Wildman–Crippen MR) is 83.9 cm³/mol. The Kier molecular flexibility index (Phi) is 4.01. The lowest BCUT2D eigenvalue weighted by molar-refractivity contribution is 0.101. The molecule has 0 bridgehead atoms. The Morgan fingerprint density at radius 1 is 1.26 bits per heavy atom. The first-order valence-corrected chi connectivity index (χ1v) is 6.98. The lowest BCUT2D eigenvalue weighted by Gasteiger charge is -2.06. The SMILES string of the molecule is CC(=O)c1cccc(Nc2nnc(Cc3ccco3)c(=O)[nH]2)c1. The number of ketones is 1. The van der Waals surface area contributed by atoms with Crippen molar-refractivity contribution in [3.63, 3.8) is 0 Å². The van der Waals surface area contributed by atoms with Crippen molar-refractivity contribution < 1.29 is 9.21 Å². The van der Waals surface area contributed by atoms with E-state index in [1.54, 1.807) is 36.4 Å². The van der Waals surface area contributed by atoms with E-state index in [1.165, 1.54) is 13.2 Å². The minimum atomic E-state index is -0.346. The molecule has 23 heavy (non-hydrogen) atoms. The van der Waals surface area contributed by atoms with Gasteiger partial charge in [0, 0.05) is 11.3 Å². The molecule has 0 radical (unpaired) electrons. The molecular formula is C16H14N4O3. The van der Waals surface area contributed by atoms with Crippen LogP contribution in [0.1, 0.15) is 28.7 Å². The molecule has 116 valence electrons. The van der Waals surface area contributed by atoms with Crippen LogP contribution >= 0.6 is 0 Å². The highest BCUT2D eigenvalue weighted by molar-refractivity contribution is 5.95. The number of Topliss-reactive ketones (excluding diaryl/α,β-unsaturated/α-hetero) is 1. The molecule has 7 nitrogen and oxygen atoms in total. The number of carbonyl (C=O) groups excluding carboxylic acids is 1. The highest BCUT2D eigenvalue weighted by atomic mass is 16.3. The standard InChI is InChI=1S/C16H14N4O3/c1-10(21)11-4-2-5-12(8-11)17-16-18-15(22)14(19-20-16)9-13-6-3-7-23-13/h2-8H,9H2,1H3,(H2,17,18,20,22). The average molecular weight is 310 g/mol. The van der Waals surface area contributed by atoms with Gasteiger partial charge < -0.3 is 9.73 Å². The van der Waals surface area contributed by atoms with Gasteiger partial charge in [-0.05, 0) is 31.2 Å². The summed E-state index contributed by atoms with van der Waals surface area (Å²) in [6.07, 6.45) is 1.81. The maximum Gasteiger partial charge on any atom is 0.274 e. The number of hydrogen-bond acceptors (Lipinski definition) is 6. The van der Waals surface area contributed by atoms with E-state index in [-0.39, 0.29) is 29.4 Å². The summed E-state index contributed by atoms with van der Waals surface area (Å²) in [6, 6.07) is 10.4. The number of benzene rings is 1. The first-order valence-electron chi connectivity index (χ1n) is 6.98. The number of aromatic amines is 1. The van der Waals surface area contributed by atoms with Crippen LogP contribution in [0.4, 0.5) is 11.6 Å². The molecule has 3 aromatic rings. The molecule has 2 heterocycles. The third-order valence-electron chi connectivity index (χ3n) is 3.22. The van der Waals surface area contributed by atoms with Gasteiger partial charge in [-0.2, -0.15) is 0 Å². The molecule has 2 aromatic heterocycles. The molecule has 2 N–H and O–H groups in total. The molecule has 0 aliphatic heterocycles. The summed E-state index contributed by atoms with van der Waals surface area (Å²) in [5.74, 6) is 0.806. The van der Waals surface area contributed by atoms with Crippen LogP contribution < -0.4 is 10.9 Å². The van der Waals surface area contributed by atoms with Crippen molar-refractivity contribution in [1.82, 2.24) is 15.2 Å². The van der Waals surface area contributed by atoms with E-state index in [2.05, 4.69) is 20.5 Å². The van der Waals surface area contributed by atoms with Gasteiger partial charge in [0.05, 0.1) is 12.7 Å². The second-order valence-electron chi connectivity index (χ2n) is 4.97. The van der Waals surface area contributed by atoms with Crippen molar-refractivity contribution >= 4 is 17.4 Å². The number of hydrogen-bond donors (Lipinski definition) is 2. The minimum absolute atomic E-state index is 0.0398. The zero-order valence-corrected chi connectivity index (χ0v) is 12.4. The van der Waals surface area contributed by atoms with Crippen molar-refractivity contribution in [2.45, 2.75) is 13.3 Å². The zero-order valence-electron chi connectivity index (χ0n) is 12.4. The van der Waals surface area contributed by atoms with Crippen LogP contribution in [0.2, 0.25) is 0 Å². The van der Waals surface area contributed by atoms with Gasteiger partial charge in [-0.15, -0.1) is 10.2 Å². The Morgan fingerprint density at radius 2 is 2.13 bits per heavy atom. The van der Waals surface area contributed by atoms with Crippen molar-refractivity contribution in [3.05, 3.63) is 70.0 Å². The van der Waals surface area contributed by atoms with Crippen molar-refractivity contribution in [2.75, 3.05) is 5.32 Å². The van der Waals surface area contributed by atoms with Gasteiger partial charge in [0.1, 0.15) is 11.5 Å². The number of anilines is 2. The second-order valence-corrected chi connectivity index (χ2v) is 4.97. The number of rotatable bonds is 5. The molecule has 0 fully saturated rings. The Morgan fingerprint density at radius 3 is 2.83 bits per heavy atom. The molecule has 0 unspecified atom stereocenters. The van der Waals surface area contributed by atoms with Gasteiger partial charge in [-0.25, -0.2) is 0 Å². The molecule has 3 rings (SSSR count). The monoisotopic (exact) mass is 310 g/mol. The molecular weight excluding hydrogens is 296 g/mol. The summed E-state index contributed by atoms with van der Waals surface area (Å²) < 4.78 is 5.19. The summed E-state index contributed by atoms with van der Waals surface area (Å²) in [4.78, 5) is 26.0. The number of H-pyrrole nitrogens is 1. The molecule has 0 aliphatic carbocycles. The van der Waals surface area contributed by atoms with E-state index < -0.39 is 0 Å². The van der Waals surface area contributed by atoms with E-state index in [0.717, 1.165) is 0 Å². The molecule has 0 saturated carbocycles. The smallest absolute Gasteiger partial charge is 0.274 e. The molecule has 7 heteroatoms. The molecule has 0 atom stereocenters. The molecule has 0 spiro atoms. The maximum absolute atomic E-state index is 12.0. The van der Waals surface area contributed by atoms with Crippen LogP contribution in [0.3, 0.4) is 0 Å². The van der Waals surface area contributed by atoms with Crippen LogP contribution in [0.25, 0.3) is 0 Å². The second kappa shape index (κ2) is 6.27. The van der Waals surface area contributed by atoms with Gasteiger partial charge in [0.15, 0.2) is 5.78 Å². The van der Waals surface area contributed by atoms with Gasteiger partial charge in [0.2, 0.25) is 5.95 Å². The largest absolute Gasteiger partial charge is 0.469 e. The van der Waals surface area contributed by atoms with E-state index in [4.69, 9.17) is 4.42 Å². The first-order chi connectivity index (χ1) is 11.1. The van der Waals surface area contributed by atoms with Crippen LogP contribution in [-0.4, -0.2) is 21.0 Å². The van der Waals surface area contributed by atoms with Gasteiger partial charge in [-0.3, -0.25) is 14.6 Å². The third kappa shape index (κ3) is 3.52. The van der Waals surface area contributed by atoms with E-state index in [0.29, 0.717) is 17.0 Å². The van der Waals surface area contributed by atoms with E-state index in [1.807, 2.05) is 0 Å². The topological polar surface area (TPSA) is 101 Å². The summed E-state index contributed by atoms with van der Waals surface area (Å²) in [7, 11) is 0.